The summed E-state index contributed by atoms with van der Waals surface area (Å²) in [4.78, 5) is 0. The molecule has 0 unspecified atom stereocenters. The molecular formula is C11H12Cl2O. The highest BCUT2D eigenvalue weighted by molar-refractivity contribution is 6.58. The van der Waals surface area contributed by atoms with Crippen molar-refractivity contribution in [2.24, 2.45) is 0 Å². The number of rotatable bonds is 3. The summed E-state index contributed by atoms with van der Waals surface area (Å²) in [5.41, 5.74) is 1.76. The van der Waals surface area contributed by atoms with Crippen LogP contribution in [0.5, 0.6) is 5.75 Å². The predicted molar refractivity (Wildman–Crippen MR) is 61.6 cm³/mol. The minimum Gasteiger partial charge on any atom is -0.508 e. The SMILES string of the molecule is CCCC(=C(Cl)Cl)c1cccc(O)c1. The van der Waals surface area contributed by atoms with Crippen molar-refractivity contribution in [1.82, 2.24) is 0 Å². The maximum Gasteiger partial charge on any atom is 0.116 e. The zero-order chi connectivity index (χ0) is 10.6. The van der Waals surface area contributed by atoms with Gasteiger partial charge in [0.1, 0.15) is 10.2 Å². The van der Waals surface area contributed by atoms with E-state index in [1.807, 2.05) is 6.07 Å². The van der Waals surface area contributed by atoms with E-state index < -0.39 is 0 Å². The smallest absolute Gasteiger partial charge is 0.116 e. The van der Waals surface area contributed by atoms with Gasteiger partial charge in [0.05, 0.1) is 0 Å². The number of benzene rings is 1. The van der Waals surface area contributed by atoms with Crippen LogP contribution in [-0.4, -0.2) is 5.11 Å². The molecule has 1 aromatic rings. The summed E-state index contributed by atoms with van der Waals surface area (Å²) in [6.45, 7) is 2.06. The van der Waals surface area contributed by atoms with Gasteiger partial charge in [-0.3, -0.25) is 0 Å². The number of aromatic hydroxyl groups is 1. The Labute approximate surface area is 94.0 Å². The van der Waals surface area contributed by atoms with E-state index in [1.54, 1.807) is 18.2 Å². The van der Waals surface area contributed by atoms with Gasteiger partial charge in [-0.05, 0) is 29.7 Å². The Morgan fingerprint density at radius 3 is 2.57 bits per heavy atom. The van der Waals surface area contributed by atoms with Crippen molar-refractivity contribution >= 4 is 28.8 Å². The molecule has 1 N–H and O–H groups in total. The van der Waals surface area contributed by atoms with Gasteiger partial charge < -0.3 is 5.11 Å². The summed E-state index contributed by atoms with van der Waals surface area (Å²) in [6, 6.07) is 6.94. The summed E-state index contributed by atoms with van der Waals surface area (Å²) in [7, 11) is 0. The van der Waals surface area contributed by atoms with Crippen molar-refractivity contribution in [3.63, 3.8) is 0 Å². The average Bonchev–Trinajstić information content (AvgIpc) is 2.13. The zero-order valence-corrected chi connectivity index (χ0v) is 9.44. The lowest BCUT2D eigenvalue weighted by atomic mass is 10.0. The quantitative estimate of drug-likeness (QED) is 0.820. The lowest BCUT2D eigenvalue weighted by Crippen LogP contribution is -1.85. The molecular weight excluding hydrogens is 219 g/mol. The van der Waals surface area contributed by atoms with Crippen LogP contribution < -0.4 is 0 Å². The lowest BCUT2D eigenvalue weighted by molar-refractivity contribution is 0.475. The third-order valence-corrected chi connectivity index (χ3v) is 2.38. The van der Waals surface area contributed by atoms with Crippen LogP contribution in [0.1, 0.15) is 25.3 Å². The minimum absolute atomic E-state index is 0.227. The molecule has 0 fully saturated rings. The molecule has 14 heavy (non-hydrogen) atoms. The fourth-order valence-electron chi connectivity index (χ4n) is 1.29. The van der Waals surface area contributed by atoms with Crippen LogP contribution in [0.3, 0.4) is 0 Å². The highest BCUT2D eigenvalue weighted by atomic mass is 35.5. The van der Waals surface area contributed by atoms with Gasteiger partial charge in [0, 0.05) is 0 Å². The highest BCUT2D eigenvalue weighted by Gasteiger charge is 2.05. The van der Waals surface area contributed by atoms with Crippen molar-refractivity contribution in [2.45, 2.75) is 19.8 Å². The van der Waals surface area contributed by atoms with Crippen molar-refractivity contribution in [1.29, 1.82) is 0 Å². The van der Waals surface area contributed by atoms with Gasteiger partial charge >= 0.3 is 0 Å². The Kier molecular flexibility index (Phi) is 4.30. The minimum atomic E-state index is 0.227. The Morgan fingerprint density at radius 2 is 2.07 bits per heavy atom. The molecule has 0 aliphatic rings. The first kappa shape index (κ1) is 11.4. The van der Waals surface area contributed by atoms with Gasteiger partial charge in [0.25, 0.3) is 0 Å². The largest absolute Gasteiger partial charge is 0.508 e. The van der Waals surface area contributed by atoms with Gasteiger partial charge in [-0.15, -0.1) is 0 Å². The monoisotopic (exact) mass is 230 g/mol. The van der Waals surface area contributed by atoms with Crippen molar-refractivity contribution in [3.8, 4) is 5.75 Å². The summed E-state index contributed by atoms with van der Waals surface area (Å²) in [6.07, 6.45) is 1.78. The molecule has 0 amide bonds. The van der Waals surface area contributed by atoms with Crippen LogP contribution in [0.4, 0.5) is 0 Å². The van der Waals surface area contributed by atoms with Crippen molar-refractivity contribution in [2.75, 3.05) is 0 Å². The normalized spacial score (nSPS) is 9.93. The fourth-order valence-corrected chi connectivity index (χ4v) is 1.70. The molecule has 0 aliphatic carbocycles. The van der Waals surface area contributed by atoms with E-state index in [-0.39, 0.29) is 10.2 Å². The van der Waals surface area contributed by atoms with E-state index in [2.05, 4.69) is 6.92 Å². The van der Waals surface area contributed by atoms with Gasteiger partial charge in [0.2, 0.25) is 0 Å². The first-order valence-corrected chi connectivity index (χ1v) is 5.24. The van der Waals surface area contributed by atoms with E-state index in [0.29, 0.717) is 0 Å². The predicted octanol–water partition coefficient (Wildman–Crippen LogP) is 4.34. The number of hydrogen-bond donors (Lipinski definition) is 1. The molecule has 0 bridgehead atoms. The summed E-state index contributed by atoms with van der Waals surface area (Å²) in [5, 5.41) is 9.30. The van der Waals surface area contributed by atoms with Crippen LogP contribution in [0.15, 0.2) is 28.8 Å². The van der Waals surface area contributed by atoms with Crippen LogP contribution >= 0.6 is 23.2 Å². The Morgan fingerprint density at radius 1 is 1.36 bits per heavy atom. The summed E-state index contributed by atoms with van der Waals surface area (Å²) < 4.78 is 0.275. The second-order valence-electron chi connectivity index (χ2n) is 3.04. The molecule has 1 aromatic carbocycles. The van der Waals surface area contributed by atoms with E-state index >= 15 is 0 Å². The second-order valence-corrected chi connectivity index (χ2v) is 3.99. The topological polar surface area (TPSA) is 20.2 Å². The summed E-state index contributed by atoms with van der Waals surface area (Å²) >= 11 is 11.5. The third kappa shape index (κ3) is 2.93. The van der Waals surface area contributed by atoms with Crippen molar-refractivity contribution in [3.05, 3.63) is 34.3 Å². The first-order valence-electron chi connectivity index (χ1n) is 4.48. The van der Waals surface area contributed by atoms with Crippen LogP contribution in [0, 0.1) is 0 Å². The molecule has 76 valence electrons. The molecule has 0 heterocycles. The molecule has 0 radical (unpaired) electrons. The molecule has 0 saturated carbocycles. The lowest BCUT2D eigenvalue weighted by Gasteiger charge is -2.06. The van der Waals surface area contributed by atoms with Gasteiger partial charge in [-0.2, -0.15) is 0 Å². The third-order valence-electron chi connectivity index (χ3n) is 1.92. The molecule has 3 heteroatoms. The molecule has 0 aromatic heterocycles. The Bertz CT molecular complexity index is 341. The molecule has 0 spiro atoms. The summed E-state index contributed by atoms with van der Waals surface area (Å²) in [5.74, 6) is 0.227. The Balaban J connectivity index is 3.06. The maximum atomic E-state index is 9.30. The van der Waals surface area contributed by atoms with E-state index in [0.717, 1.165) is 24.0 Å². The molecule has 0 atom stereocenters. The standard InChI is InChI=1S/C11H12Cl2O/c1-2-4-10(11(12)13)8-5-3-6-9(14)7-8/h3,5-7,14H,2,4H2,1H3. The Hall–Kier alpha value is -0.660. The number of hydrogen-bond acceptors (Lipinski definition) is 1. The van der Waals surface area contributed by atoms with Crippen LogP contribution in [0.2, 0.25) is 0 Å². The molecule has 1 nitrogen and oxygen atoms in total. The first-order chi connectivity index (χ1) is 6.65. The van der Waals surface area contributed by atoms with Crippen LogP contribution in [-0.2, 0) is 0 Å². The van der Waals surface area contributed by atoms with Gasteiger partial charge in [0.15, 0.2) is 0 Å². The number of halogens is 2. The molecule has 1 rings (SSSR count). The van der Waals surface area contributed by atoms with Crippen molar-refractivity contribution < 1.29 is 5.11 Å². The van der Waals surface area contributed by atoms with E-state index in [9.17, 15) is 5.11 Å². The van der Waals surface area contributed by atoms with Gasteiger partial charge in [-0.25, -0.2) is 0 Å². The number of allylic oxidation sites excluding steroid dienone is 1. The fraction of sp³-hybridized carbons (Fsp3) is 0.273. The molecule has 0 saturated heterocycles. The maximum absolute atomic E-state index is 9.30. The zero-order valence-electron chi connectivity index (χ0n) is 7.93. The van der Waals surface area contributed by atoms with Crippen LogP contribution in [0.25, 0.3) is 5.57 Å². The van der Waals surface area contributed by atoms with E-state index in [4.69, 9.17) is 23.2 Å². The highest BCUT2D eigenvalue weighted by Crippen LogP contribution is 2.29. The number of phenols is 1. The van der Waals surface area contributed by atoms with Gasteiger partial charge in [-0.1, -0.05) is 48.7 Å². The molecule has 0 aliphatic heterocycles. The second kappa shape index (κ2) is 5.28. The average molecular weight is 231 g/mol. The number of phenolic OH excluding ortho intramolecular Hbond substituents is 1. The van der Waals surface area contributed by atoms with E-state index in [1.165, 1.54) is 0 Å².